The number of benzene rings is 1. The molecule has 0 radical (unpaired) electrons. The van der Waals surface area contributed by atoms with Gasteiger partial charge in [-0.25, -0.2) is 0 Å². The number of para-hydroxylation sites is 1. The molecule has 1 aromatic heterocycles. The Bertz CT molecular complexity index is 788. The number of primary amides is 1. The highest BCUT2D eigenvalue weighted by atomic mass is 16.2. The SMILES string of the molecule is CC(C)[C@H](NC(=O)c1cn(CC2CCCCC2)c2ccccc12)C(N)=O. The van der Waals surface area contributed by atoms with Crippen LogP contribution >= 0.6 is 0 Å². The second-order valence-corrected chi connectivity index (χ2v) is 7.81. The van der Waals surface area contributed by atoms with Crippen molar-refractivity contribution >= 4 is 22.7 Å². The van der Waals surface area contributed by atoms with Gasteiger partial charge in [0.1, 0.15) is 6.04 Å². The average Bonchev–Trinajstić information content (AvgIpc) is 2.99. The monoisotopic (exact) mass is 355 g/mol. The molecular formula is C21H29N3O2. The Hall–Kier alpha value is -2.30. The third-order valence-electron chi connectivity index (χ3n) is 5.47. The van der Waals surface area contributed by atoms with E-state index < -0.39 is 11.9 Å². The van der Waals surface area contributed by atoms with Crippen LogP contribution in [0.5, 0.6) is 0 Å². The normalized spacial score (nSPS) is 16.7. The lowest BCUT2D eigenvalue weighted by molar-refractivity contribution is -0.120. The zero-order valence-corrected chi connectivity index (χ0v) is 15.7. The van der Waals surface area contributed by atoms with Crippen LogP contribution in [-0.4, -0.2) is 22.4 Å². The average molecular weight is 355 g/mol. The number of aromatic nitrogens is 1. The lowest BCUT2D eigenvalue weighted by Gasteiger charge is -2.22. The fourth-order valence-corrected chi connectivity index (χ4v) is 4.01. The second-order valence-electron chi connectivity index (χ2n) is 7.81. The van der Waals surface area contributed by atoms with Crippen LogP contribution in [0.2, 0.25) is 0 Å². The number of amides is 2. The number of nitrogens with two attached hydrogens (primary N) is 1. The van der Waals surface area contributed by atoms with Gasteiger partial charge in [0.25, 0.3) is 5.91 Å². The fourth-order valence-electron chi connectivity index (χ4n) is 4.01. The maximum Gasteiger partial charge on any atom is 0.254 e. The summed E-state index contributed by atoms with van der Waals surface area (Å²) in [6, 6.07) is 7.31. The summed E-state index contributed by atoms with van der Waals surface area (Å²) in [5, 5.41) is 3.74. The van der Waals surface area contributed by atoms with E-state index in [1.54, 1.807) is 0 Å². The minimum absolute atomic E-state index is 0.0490. The van der Waals surface area contributed by atoms with Crippen molar-refractivity contribution in [2.75, 3.05) is 0 Å². The van der Waals surface area contributed by atoms with Crippen LogP contribution in [0.3, 0.4) is 0 Å². The first kappa shape index (κ1) is 18.5. The number of fused-ring (bicyclic) bond motifs is 1. The smallest absolute Gasteiger partial charge is 0.254 e. The van der Waals surface area contributed by atoms with Crippen LogP contribution in [0.15, 0.2) is 30.5 Å². The highest BCUT2D eigenvalue weighted by Gasteiger charge is 2.24. The lowest BCUT2D eigenvalue weighted by atomic mass is 9.89. The van der Waals surface area contributed by atoms with Gasteiger partial charge in [0, 0.05) is 23.6 Å². The molecule has 140 valence electrons. The van der Waals surface area contributed by atoms with Gasteiger partial charge in [0.2, 0.25) is 5.91 Å². The van der Waals surface area contributed by atoms with E-state index in [2.05, 4.69) is 16.0 Å². The molecule has 1 aliphatic rings. The van der Waals surface area contributed by atoms with Gasteiger partial charge < -0.3 is 15.6 Å². The van der Waals surface area contributed by atoms with Crippen molar-refractivity contribution < 1.29 is 9.59 Å². The van der Waals surface area contributed by atoms with Crippen LogP contribution in [0, 0.1) is 11.8 Å². The summed E-state index contributed by atoms with van der Waals surface area (Å²) >= 11 is 0. The van der Waals surface area contributed by atoms with Crippen molar-refractivity contribution in [1.82, 2.24) is 9.88 Å². The van der Waals surface area contributed by atoms with Gasteiger partial charge in [-0.05, 0) is 30.7 Å². The summed E-state index contributed by atoms with van der Waals surface area (Å²) < 4.78 is 2.20. The number of carbonyl (C=O) groups excluding carboxylic acids is 2. The zero-order chi connectivity index (χ0) is 18.7. The van der Waals surface area contributed by atoms with E-state index in [0.717, 1.165) is 17.4 Å². The van der Waals surface area contributed by atoms with Crippen molar-refractivity contribution in [3.8, 4) is 0 Å². The van der Waals surface area contributed by atoms with E-state index >= 15 is 0 Å². The molecule has 26 heavy (non-hydrogen) atoms. The molecule has 1 atom stereocenters. The van der Waals surface area contributed by atoms with E-state index in [1.807, 2.05) is 38.2 Å². The Balaban J connectivity index is 1.88. The lowest BCUT2D eigenvalue weighted by Crippen LogP contribution is -2.47. The van der Waals surface area contributed by atoms with E-state index in [4.69, 9.17) is 5.73 Å². The summed E-state index contributed by atoms with van der Waals surface area (Å²) in [5.74, 6) is -0.114. The van der Waals surface area contributed by atoms with Crippen molar-refractivity contribution in [3.05, 3.63) is 36.0 Å². The van der Waals surface area contributed by atoms with Gasteiger partial charge >= 0.3 is 0 Å². The molecule has 2 amide bonds. The highest BCUT2D eigenvalue weighted by Crippen LogP contribution is 2.28. The predicted molar refractivity (Wildman–Crippen MR) is 104 cm³/mol. The molecule has 1 fully saturated rings. The Morgan fingerprint density at radius 3 is 2.54 bits per heavy atom. The first-order valence-corrected chi connectivity index (χ1v) is 9.65. The fraction of sp³-hybridized carbons (Fsp3) is 0.524. The van der Waals surface area contributed by atoms with Crippen LogP contribution in [0.25, 0.3) is 10.9 Å². The molecule has 3 N–H and O–H groups in total. The van der Waals surface area contributed by atoms with Gasteiger partial charge in [0.05, 0.1) is 5.56 Å². The van der Waals surface area contributed by atoms with Crippen LogP contribution in [0.1, 0.15) is 56.3 Å². The summed E-state index contributed by atoms with van der Waals surface area (Å²) in [6.07, 6.45) is 8.38. The van der Waals surface area contributed by atoms with Crippen LogP contribution < -0.4 is 11.1 Å². The molecule has 0 aliphatic heterocycles. The van der Waals surface area contributed by atoms with E-state index in [1.165, 1.54) is 32.1 Å². The Morgan fingerprint density at radius 1 is 1.19 bits per heavy atom. The van der Waals surface area contributed by atoms with Crippen molar-refractivity contribution in [3.63, 3.8) is 0 Å². The van der Waals surface area contributed by atoms with Gasteiger partial charge in [-0.2, -0.15) is 0 Å². The van der Waals surface area contributed by atoms with E-state index in [9.17, 15) is 9.59 Å². The summed E-state index contributed by atoms with van der Waals surface area (Å²) in [6.45, 7) is 4.70. The maximum atomic E-state index is 12.9. The van der Waals surface area contributed by atoms with Crippen molar-refractivity contribution in [2.24, 2.45) is 17.6 Å². The number of nitrogens with one attached hydrogen (secondary N) is 1. The minimum atomic E-state index is -0.664. The third kappa shape index (κ3) is 3.92. The molecule has 0 spiro atoms. The Morgan fingerprint density at radius 2 is 1.88 bits per heavy atom. The maximum absolute atomic E-state index is 12.9. The molecule has 5 heteroatoms. The van der Waals surface area contributed by atoms with Crippen molar-refractivity contribution in [1.29, 1.82) is 0 Å². The first-order chi connectivity index (χ1) is 12.5. The number of rotatable bonds is 6. The number of hydrogen-bond donors (Lipinski definition) is 2. The molecule has 0 bridgehead atoms. The van der Waals surface area contributed by atoms with E-state index in [-0.39, 0.29) is 11.8 Å². The Kier molecular flexibility index (Phi) is 5.64. The molecule has 3 rings (SSSR count). The molecule has 0 saturated heterocycles. The van der Waals surface area contributed by atoms with E-state index in [0.29, 0.717) is 11.5 Å². The Labute approximate surface area is 154 Å². The minimum Gasteiger partial charge on any atom is -0.368 e. The molecule has 0 unspecified atom stereocenters. The molecule has 1 heterocycles. The largest absolute Gasteiger partial charge is 0.368 e. The second kappa shape index (κ2) is 7.94. The summed E-state index contributed by atoms with van der Waals surface area (Å²) in [5.41, 5.74) is 7.13. The number of nitrogens with zero attached hydrogens (tertiary/aromatic N) is 1. The van der Waals surface area contributed by atoms with Gasteiger partial charge in [-0.15, -0.1) is 0 Å². The molecule has 2 aromatic rings. The molecule has 1 aliphatic carbocycles. The molecule has 1 aromatic carbocycles. The number of carbonyl (C=O) groups is 2. The van der Waals surface area contributed by atoms with Crippen molar-refractivity contribution in [2.45, 2.75) is 58.5 Å². The highest BCUT2D eigenvalue weighted by molar-refractivity contribution is 6.08. The predicted octanol–water partition coefficient (Wildman–Crippen LogP) is 3.46. The van der Waals surface area contributed by atoms with Gasteiger partial charge in [-0.3, -0.25) is 9.59 Å². The van der Waals surface area contributed by atoms with Gasteiger partial charge in [-0.1, -0.05) is 51.3 Å². The first-order valence-electron chi connectivity index (χ1n) is 9.65. The van der Waals surface area contributed by atoms with Crippen LogP contribution in [0.4, 0.5) is 0 Å². The topological polar surface area (TPSA) is 77.1 Å². The summed E-state index contributed by atoms with van der Waals surface area (Å²) in [7, 11) is 0. The quantitative estimate of drug-likeness (QED) is 0.832. The third-order valence-corrected chi connectivity index (χ3v) is 5.47. The van der Waals surface area contributed by atoms with Crippen LogP contribution in [-0.2, 0) is 11.3 Å². The zero-order valence-electron chi connectivity index (χ0n) is 15.7. The standard InChI is InChI=1S/C21H29N3O2/c1-14(2)19(20(22)25)23-21(26)17-13-24(12-15-8-4-3-5-9-15)18-11-7-6-10-16(17)18/h6-7,10-11,13-15,19H,3-5,8-9,12H2,1-2H3,(H2,22,25)(H,23,26)/t19-/m0/s1. The summed E-state index contributed by atoms with van der Waals surface area (Å²) in [4.78, 5) is 24.5. The van der Waals surface area contributed by atoms with Gasteiger partial charge in [0.15, 0.2) is 0 Å². The number of hydrogen-bond acceptors (Lipinski definition) is 2. The molecular weight excluding hydrogens is 326 g/mol. The molecule has 5 nitrogen and oxygen atoms in total. The molecule has 1 saturated carbocycles.